The lowest BCUT2D eigenvalue weighted by Gasteiger charge is -2.36. The van der Waals surface area contributed by atoms with Crippen molar-refractivity contribution in [2.24, 2.45) is 5.92 Å². The van der Waals surface area contributed by atoms with E-state index in [1.165, 1.54) is 6.42 Å². The van der Waals surface area contributed by atoms with Crippen LogP contribution in [0, 0.1) is 5.92 Å². The van der Waals surface area contributed by atoms with Crippen LogP contribution in [0.1, 0.15) is 55.3 Å². The number of hydrogen-bond donors (Lipinski definition) is 0. The van der Waals surface area contributed by atoms with E-state index < -0.39 is 0 Å². The third-order valence-electron chi connectivity index (χ3n) is 5.37. The molecule has 4 rings (SSSR count). The molecule has 1 saturated carbocycles. The number of ether oxygens (including phenoxy) is 1. The predicted molar refractivity (Wildman–Crippen MR) is 95.1 cm³/mol. The molecule has 1 saturated heterocycles. The lowest BCUT2D eigenvalue weighted by molar-refractivity contribution is -0.139. The molecule has 2 heterocycles. The first-order chi connectivity index (χ1) is 12.8. The molecule has 1 aromatic heterocycles. The van der Waals surface area contributed by atoms with Crippen LogP contribution in [0.4, 0.5) is 0 Å². The summed E-state index contributed by atoms with van der Waals surface area (Å²) in [5.74, 6) is 1.93. The summed E-state index contributed by atoms with van der Waals surface area (Å²) in [6.45, 7) is 2.39. The van der Waals surface area contributed by atoms with Crippen LogP contribution in [-0.2, 0) is 22.7 Å². The van der Waals surface area contributed by atoms with Gasteiger partial charge in [-0.15, -0.1) is 0 Å². The standard InChI is InChI=1S/C20H25N3O3/c24-20(16-8-4-9-16)23-11-5-10-17(12-23)19-21-18(26-22-19)14-25-13-15-6-2-1-3-7-15/h1-3,6-7,16-17H,4-5,8-14H2. The second-order valence-corrected chi connectivity index (χ2v) is 7.28. The zero-order chi connectivity index (χ0) is 17.8. The average molecular weight is 355 g/mol. The van der Waals surface area contributed by atoms with Gasteiger partial charge in [-0.25, -0.2) is 0 Å². The molecule has 2 aromatic rings. The Bertz CT molecular complexity index is 727. The van der Waals surface area contributed by atoms with Gasteiger partial charge in [0.15, 0.2) is 5.82 Å². The number of carbonyl (C=O) groups excluding carboxylic acids is 1. The Morgan fingerprint density at radius 2 is 2.00 bits per heavy atom. The van der Waals surface area contributed by atoms with Gasteiger partial charge in [-0.05, 0) is 31.2 Å². The first kappa shape index (κ1) is 17.2. The van der Waals surface area contributed by atoms with E-state index in [1.54, 1.807) is 0 Å². The van der Waals surface area contributed by atoms with Crippen molar-refractivity contribution in [2.45, 2.75) is 51.2 Å². The highest BCUT2D eigenvalue weighted by Gasteiger charge is 2.33. The van der Waals surface area contributed by atoms with E-state index in [1.807, 2.05) is 35.2 Å². The fourth-order valence-electron chi connectivity index (χ4n) is 3.62. The molecule has 2 fully saturated rings. The Labute approximate surface area is 153 Å². The van der Waals surface area contributed by atoms with Crippen LogP contribution in [0.3, 0.4) is 0 Å². The molecule has 0 N–H and O–H groups in total. The van der Waals surface area contributed by atoms with Gasteiger partial charge in [0.05, 0.1) is 6.61 Å². The quantitative estimate of drug-likeness (QED) is 0.795. The summed E-state index contributed by atoms with van der Waals surface area (Å²) in [6, 6.07) is 10.0. The average Bonchev–Trinajstić information content (AvgIpc) is 3.10. The summed E-state index contributed by atoms with van der Waals surface area (Å²) in [6.07, 6.45) is 5.27. The summed E-state index contributed by atoms with van der Waals surface area (Å²) < 4.78 is 11.0. The van der Waals surface area contributed by atoms with Gasteiger partial charge in [-0.1, -0.05) is 41.9 Å². The SMILES string of the molecule is O=C(C1CCC1)N1CCCC(c2noc(COCc3ccccc3)n2)C1. The van der Waals surface area contributed by atoms with E-state index in [4.69, 9.17) is 9.26 Å². The molecule has 6 heteroatoms. The van der Waals surface area contributed by atoms with Gasteiger partial charge in [0.25, 0.3) is 5.89 Å². The second-order valence-electron chi connectivity index (χ2n) is 7.28. The number of hydrogen-bond acceptors (Lipinski definition) is 5. The Morgan fingerprint density at radius 3 is 2.77 bits per heavy atom. The van der Waals surface area contributed by atoms with Gasteiger partial charge >= 0.3 is 0 Å². The molecule has 1 aromatic carbocycles. The first-order valence-corrected chi connectivity index (χ1v) is 9.52. The van der Waals surface area contributed by atoms with Crippen molar-refractivity contribution in [1.82, 2.24) is 15.0 Å². The largest absolute Gasteiger partial charge is 0.367 e. The number of amides is 1. The zero-order valence-electron chi connectivity index (χ0n) is 15.0. The summed E-state index contributed by atoms with van der Waals surface area (Å²) >= 11 is 0. The fourth-order valence-corrected chi connectivity index (χ4v) is 3.62. The van der Waals surface area contributed by atoms with Crippen molar-refractivity contribution < 1.29 is 14.1 Å². The Balaban J connectivity index is 1.30. The van der Waals surface area contributed by atoms with Gasteiger partial charge in [-0.3, -0.25) is 4.79 Å². The molecule has 1 aliphatic heterocycles. The molecule has 138 valence electrons. The predicted octanol–water partition coefficient (Wildman–Crippen LogP) is 3.29. The minimum absolute atomic E-state index is 0.166. The summed E-state index contributed by atoms with van der Waals surface area (Å²) in [5, 5.41) is 4.13. The summed E-state index contributed by atoms with van der Waals surface area (Å²) in [7, 11) is 0. The highest BCUT2D eigenvalue weighted by molar-refractivity contribution is 5.79. The Kier molecular flexibility index (Phi) is 5.29. The maximum atomic E-state index is 12.5. The number of piperidine rings is 1. The molecule has 0 spiro atoms. The smallest absolute Gasteiger partial charge is 0.252 e. The summed E-state index contributed by atoms with van der Waals surface area (Å²) in [4.78, 5) is 19.0. The van der Waals surface area contributed by atoms with E-state index in [2.05, 4.69) is 10.1 Å². The van der Waals surface area contributed by atoms with Crippen LogP contribution in [-0.4, -0.2) is 34.0 Å². The maximum absolute atomic E-state index is 12.5. The molecular formula is C20H25N3O3. The molecule has 1 amide bonds. The normalized spacial score (nSPS) is 20.8. The van der Waals surface area contributed by atoms with Crippen molar-refractivity contribution in [3.8, 4) is 0 Å². The van der Waals surface area contributed by atoms with E-state index in [0.717, 1.165) is 37.8 Å². The molecule has 0 bridgehead atoms. The van der Waals surface area contributed by atoms with E-state index in [9.17, 15) is 4.79 Å². The van der Waals surface area contributed by atoms with Crippen LogP contribution in [0.5, 0.6) is 0 Å². The van der Waals surface area contributed by atoms with Gasteiger partial charge in [0.1, 0.15) is 6.61 Å². The molecule has 6 nitrogen and oxygen atoms in total. The van der Waals surface area contributed by atoms with Gasteiger partial charge in [-0.2, -0.15) is 4.98 Å². The minimum atomic E-state index is 0.166. The first-order valence-electron chi connectivity index (χ1n) is 9.52. The third kappa shape index (κ3) is 3.96. The van der Waals surface area contributed by atoms with Crippen molar-refractivity contribution in [2.75, 3.05) is 13.1 Å². The molecule has 26 heavy (non-hydrogen) atoms. The number of likely N-dealkylation sites (tertiary alicyclic amines) is 1. The van der Waals surface area contributed by atoms with Crippen molar-refractivity contribution in [3.05, 3.63) is 47.6 Å². The highest BCUT2D eigenvalue weighted by atomic mass is 16.5. The van der Waals surface area contributed by atoms with Crippen LogP contribution in [0.2, 0.25) is 0 Å². The van der Waals surface area contributed by atoms with Crippen molar-refractivity contribution in [1.29, 1.82) is 0 Å². The molecule has 1 aliphatic carbocycles. The molecule has 1 atom stereocenters. The van der Waals surface area contributed by atoms with Crippen molar-refractivity contribution >= 4 is 5.91 Å². The van der Waals surface area contributed by atoms with Gasteiger partial charge < -0.3 is 14.2 Å². The summed E-state index contributed by atoms with van der Waals surface area (Å²) in [5.41, 5.74) is 1.12. The maximum Gasteiger partial charge on any atom is 0.252 e. The van der Waals surface area contributed by atoms with E-state index >= 15 is 0 Å². The molecular weight excluding hydrogens is 330 g/mol. The number of aromatic nitrogens is 2. The van der Waals surface area contributed by atoms with Crippen molar-refractivity contribution in [3.63, 3.8) is 0 Å². The molecule has 1 unspecified atom stereocenters. The fraction of sp³-hybridized carbons (Fsp3) is 0.550. The monoisotopic (exact) mass is 355 g/mol. The molecule has 0 radical (unpaired) electrons. The van der Waals surface area contributed by atoms with E-state index in [0.29, 0.717) is 37.4 Å². The molecule has 2 aliphatic rings. The van der Waals surface area contributed by atoms with Crippen LogP contribution in [0.25, 0.3) is 0 Å². The lowest BCUT2D eigenvalue weighted by atomic mass is 9.83. The van der Waals surface area contributed by atoms with E-state index in [-0.39, 0.29) is 11.8 Å². The number of rotatable bonds is 6. The number of carbonyl (C=O) groups is 1. The van der Waals surface area contributed by atoms with Crippen LogP contribution in [0.15, 0.2) is 34.9 Å². The minimum Gasteiger partial charge on any atom is -0.367 e. The lowest BCUT2D eigenvalue weighted by Crippen LogP contribution is -2.44. The Morgan fingerprint density at radius 1 is 1.15 bits per heavy atom. The van der Waals surface area contributed by atoms with Crippen LogP contribution >= 0.6 is 0 Å². The van der Waals surface area contributed by atoms with Gasteiger partial charge in [0.2, 0.25) is 5.91 Å². The number of nitrogens with zero attached hydrogens (tertiary/aromatic N) is 3. The highest BCUT2D eigenvalue weighted by Crippen LogP contribution is 2.31. The van der Waals surface area contributed by atoms with Gasteiger partial charge in [0, 0.05) is 24.9 Å². The second kappa shape index (κ2) is 7.99. The zero-order valence-corrected chi connectivity index (χ0v) is 15.0. The Hall–Kier alpha value is -2.21. The van der Waals surface area contributed by atoms with Crippen LogP contribution < -0.4 is 0 Å². The number of benzene rings is 1. The topological polar surface area (TPSA) is 68.5 Å². The third-order valence-corrected chi connectivity index (χ3v) is 5.37.